The van der Waals surface area contributed by atoms with E-state index in [1.54, 1.807) is 6.08 Å². The average molecular weight is 192 g/mol. The molecule has 0 amide bonds. The molecule has 78 valence electrons. The Bertz CT molecular complexity index is 260. The molecule has 0 fully saturated rings. The minimum atomic E-state index is 0.0960. The summed E-state index contributed by atoms with van der Waals surface area (Å²) in [6.07, 6.45) is 9.25. The molecule has 0 N–H and O–H groups in total. The van der Waals surface area contributed by atoms with Crippen molar-refractivity contribution in [1.29, 1.82) is 0 Å². The molecule has 1 heteroatoms. The van der Waals surface area contributed by atoms with E-state index in [9.17, 15) is 4.79 Å². The first kappa shape index (κ1) is 11.2. The second-order valence-electron chi connectivity index (χ2n) is 4.28. The highest BCUT2D eigenvalue weighted by molar-refractivity contribution is 5.93. The van der Waals surface area contributed by atoms with Gasteiger partial charge in [-0.2, -0.15) is 0 Å². The van der Waals surface area contributed by atoms with Gasteiger partial charge in [-0.25, -0.2) is 0 Å². The Balaban J connectivity index is 2.61. The van der Waals surface area contributed by atoms with Crippen molar-refractivity contribution in [1.82, 2.24) is 0 Å². The summed E-state index contributed by atoms with van der Waals surface area (Å²) in [7, 11) is 0. The van der Waals surface area contributed by atoms with Gasteiger partial charge in [0.2, 0.25) is 0 Å². The van der Waals surface area contributed by atoms with Gasteiger partial charge in [0.1, 0.15) is 0 Å². The highest BCUT2D eigenvalue weighted by Gasteiger charge is 2.18. The molecule has 0 saturated heterocycles. The molecule has 0 bridgehead atoms. The quantitative estimate of drug-likeness (QED) is 0.494. The molecule has 0 aromatic heterocycles. The molecule has 0 aliphatic heterocycles. The number of carbonyl (C=O) groups excluding carboxylic acids is 1. The highest BCUT2D eigenvalue weighted by atomic mass is 16.1. The van der Waals surface area contributed by atoms with E-state index in [-0.39, 0.29) is 11.7 Å². The van der Waals surface area contributed by atoms with E-state index in [2.05, 4.69) is 13.0 Å². The Morgan fingerprint density at radius 1 is 1.64 bits per heavy atom. The first-order valence-electron chi connectivity index (χ1n) is 5.50. The molecule has 0 aromatic rings. The summed E-state index contributed by atoms with van der Waals surface area (Å²) in [5.74, 6) is 1.13. The molecule has 1 rings (SSSR count). The Morgan fingerprint density at radius 2 is 2.36 bits per heavy atom. The van der Waals surface area contributed by atoms with Gasteiger partial charge >= 0.3 is 0 Å². The summed E-state index contributed by atoms with van der Waals surface area (Å²) >= 11 is 0. The van der Waals surface area contributed by atoms with Gasteiger partial charge in [0.25, 0.3) is 0 Å². The van der Waals surface area contributed by atoms with Gasteiger partial charge in [0, 0.05) is 5.92 Å². The van der Waals surface area contributed by atoms with E-state index in [4.69, 9.17) is 0 Å². The van der Waals surface area contributed by atoms with Crippen LogP contribution >= 0.6 is 0 Å². The SMILES string of the molecule is CC=CC(=O)C(C)C1=CCC(C)CC1. The third-order valence-corrected chi connectivity index (χ3v) is 3.02. The normalized spacial score (nSPS) is 24.8. The Morgan fingerprint density at radius 3 is 2.86 bits per heavy atom. The molecule has 14 heavy (non-hydrogen) atoms. The van der Waals surface area contributed by atoms with E-state index < -0.39 is 0 Å². The van der Waals surface area contributed by atoms with Crippen LogP contribution in [0.1, 0.15) is 40.0 Å². The van der Waals surface area contributed by atoms with Crippen LogP contribution in [0.3, 0.4) is 0 Å². The number of hydrogen-bond donors (Lipinski definition) is 0. The van der Waals surface area contributed by atoms with Crippen molar-refractivity contribution in [2.24, 2.45) is 11.8 Å². The first-order chi connectivity index (χ1) is 6.65. The van der Waals surface area contributed by atoms with E-state index >= 15 is 0 Å². The Hall–Kier alpha value is -0.850. The monoisotopic (exact) mass is 192 g/mol. The second kappa shape index (κ2) is 5.14. The zero-order valence-corrected chi connectivity index (χ0v) is 9.42. The predicted molar refractivity (Wildman–Crippen MR) is 60.1 cm³/mol. The lowest BCUT2D eigenvalue weighted by Gasteiger charge is -2.21. The molecule has 0 saturated carbocycles. The van der Waals surface area contributed by atoms with Crippen molar-refractivity contribution in [2.45, 2.75) is 40.0 Å². The van der Waals surface area contributed by atoms with Crippen LogP contribution in [-0.2, 0) is 4.79 Å². The number of hydrogen-bond acceptors (Lipinski definition) is 1. The van der Waals surface area contributed by atoms with E-state index in [0.29, 0.717) is 0 Å². The van der Waals surface area contributed by atoms with Crippen molar-refractivity contribution in [2.75, 3.05) is 0 Å². The van der Waals surface area contributed by atoms with Crippen LogP contribution in [-0.4, -0.2) is 5.78 Å². The number of ketones is 1. The third kappa shape index (κ3) is 2.83. The van der Waals surface area contributed by atoms with Crippen molar-refractivity contribution in [3.63, 3.8) is 0 Å². The first-order valence-corrected chi connectivity index (χ1v) is 5.50. The van der Waals surface area contributed by atoms with Crippen LogP contribution in [0, 0.1) is 11.8 Å². The molecule has 1 aliphatic rings. The summed E-state index contributed by atoms with van der Waals surface area (Å²) in [5.41, 5.74) is 1.34. The fourth-order valence-corrected chi connectivity index (χ4v) is 1.87. The second-order valence-corrected chi connectivity index (χ2v) is 4.28. The van der Waals surface area contributed by atoms with Crippen LogP contribution in [0.25, 0.3) is 0 Å². The molecule has 1 nitrogen and oxygen atoms in total. The van der Waals surface area contributed by atoms with Gasteiger partial charge in [-0.15, -0.1) is 0 Å². The standard InChI is InChI=1S/C13H20O/c1-4-5-13(14)11(3)12-8-6-10(2)7-9-12/h4-5,8,10-11H,6-7,9H2,1-3H3. The fourth-order valence-electron chi connectivity index (χ4n) is 1.87. The smallest absolute Gasteiger partial charge is 0.162 e. The molecule has 0 heterocycles. The van der Waals surface area contributed by atoms with E-state index in [0.717, 1.165) is 18.8 Å². The number of allylic oxidation sites excluding steroid dienone is 4. The fraction of sp³-hybridized carbons (Fsp3) is 0.615. The summed E-state index contributed by atoms with van der Waals surface area (Å²) in [5, 5.41) is 0. The molecule has 2 unspecified atom stereocenters. The van der Waals surface area contributed by atoms with Crippen LogP contribution < -0.4 is 0 Å². The van der Waals surface area contributed by atoms with Crippen LogP contribution in [0.4, 0.5) is 0 Å². The lowest BCUT2D eigenvalue weighted by Crippen LogP contribution is -2.14. The van der Waals surface area contributed by atoms with Crippen molar-refractivity contribution in [3.05, 3.63) is 23.8 Å². The Kier molecular flexibility index (Phi) is 4.12. The van der Waals surface area contributed by atoms with Gasteiger partial charge in [-0.05, 0) is 38.2 Å². The average Bonchev–Trinajstić information content (AvgIpc) is 2.18. The maximum atomic E-state index is 11.6. The number of carbonyl (C=O) groups is 1. The molecule has 0 radical (unpaired) electrons. The molecule has 0 aromatic carbocycles. The van der Waals surface area contributed by atoms with E-state index in [1.165, 1.54) is 12.0 Å². The van der Waals surface area contributed by atoms with Crippen LogP contribution in [0.15, 0.2) is 23.8 Å². The topological polar surface area (TPSA) is 17.1 Å². The van der Waals surface area contributed by atoms with Crippen LogP contribution in [0.5, 0.6) is 0 Å². The predicted octanol–water partition coefficient (Wildman–Crippen LogP) is 3.51. The molecular formula is C13H20O. The molecular weight excluding hydrogens is 172 g/mol. The van der Waals surface area contributed by atoms with Gasteiger partial charge in [-0.1, -0.05) is 31.6 Å². The van der Waals surface area contributed by atoms with Gasteiger partial charge in [-0.3, -0.25) is 4.79 Å². The van der Waals surface area contributed by atoms with Crippen LogP contribution in [0.2, 0.25) is 0 Å². The summed E-state index contributed by atoms with van der Waals surface area (Å²) in [6, 6.07) is 0. The highest BCUT2D eigenvalue weighted by Crippen LogP contribution is 2.28. The lowest BCUT2D eigenvalue weighted by molar-refractivity contribution is -0.116. The molecule has 0 spiro atoms. The maximum absolute atomic E-state index is 11.6. The molecule has 2 atom stereocenters. The zero-order valence-electron chi connectivity index (χ0n) is 9.42. The van der Waals surface area contributed by atoms with Gasteiger partial charge in [0.05, 0.1) is 0 Å². The molecule has 1 aliphatic carbocycles. The zero-order chi connectivity index (χ0) is 10.6. The van der Waals surface area contributed by atoms with Crippen molar-refractivity contribution in [3.8, 4) is 0 Å². The van der Waals surface area contributed by atoms with Gasteiger partial charge in [0.15, 0.2) is 5.78 Å². The van der Waals surface area contributed by atoms with E-state index in [1.807, 2.05) is 19.9 Å². The summed E-state index contributed by atoms with van der Waals surface area (Å²) < 4.78 is 0. The Labute approximate surface area is 86.9 Å². The largest absolute Gasteiger partial charge is 0.294 e. The summed E-state index contributed by atoms with van der Waals surface area (Å²) in [4.78, 5) is 11.6. The van der Waals surface area contributed by atoms with Crippen molar-refractivity contribution < 1.29 is 4.79 Å². The minimum absolute atomic E-state index is 0.0960. The summed E-state index contributed by atoms with van der Waals surface area (Å²) in [6.45, 7) is 6.18. The van der Waals surface area contributed by atoms with Gasteiger partial charge < -0.3 is 0 Å². The van der Waals surface area contributed by atoms with Crippen molar-refractivity contribution >= 4 is 5.78 Å². The minimum Gasteiger partial charge on any atom is -0.294 e. The lowest BCUT2D eigenvalue weighted by atomic mass is 9.84. The number of rotatable bonds is 3. The third-order valence-electron chi connectivity index (χ3n) is 3.02. The maximum Gasteiger partial charge on any atom is 0.162 e.